The van der Waals surface area contributed by atoms with Crippen LogP contribution in [-0.2, 0) is 18.7 Å². The molecule has 1 atom stereocenters. The first-order chi connectivity index (χ1) is 22.1. The number of rotatable bonds is 34. The Labute approximate surface area is 290 Å². The van der Waals surface area contributed by atoms with E-state index in [1.54, 1.807) is 6.26 Å². The molecule has 0 spiro atoms. The van der Waals surface area contributed by atoms with Crippen molar-refractivity contribution < 1.29 is 18.7 Å². The maximum atomic E-state index is 12.7. The van der Waals surface area contributed by atoms with Gasteiger partial charge in [0.2, 0.25) is 0 Å². The van der Waals surface area contributed by atoms with E-state index in [2.05, 4.69) is 53.8 Å². The Morgan fingerprint density at radius 2 is 0.978 bits per heavy atom. The molecule has 4 nitrogen and oxygen atoms in total. The summed E-state index contributed by atoms with van der Waals surface area (Å²) < 4.78 is 18.2. The van der Waals surface area contributed by atoms with Gasteiger partial charge in [-0.1, -0.05) is 182 Å². The quantitative estimate of drug-likeness (QED) is 0.0297. The van der Waals surface area contributed by atoms with E-state index in [1.807, 2.05) is 0 Å². The molecule has 0 aromatic heterocycles. The summed E-state index contributed by atoms with van der Waals surface area (Å²) in [6.07, 6.45) is 38.5. The Balaban J connectivity index is 4.16. The molecule has 0 N–H and O–H groups in total. The maximum absolute atomic E-state index is 12.7. The monoisotopic (exact) mass is 667 g/mol. The molecule has 0 fully saturated rings. The maximum Gasteiger partial charge on any atom is 0.306 e. The number of esters is 1. The first-order valence-electron chi connectivity index (χ1n) is 20.2. The van der Waals surface area contributed by atoms with Crippen LogP contribution in [0.2, 0.25) is 18.1 Å². The van der Waals surface area contributed by atoms with Gasteiger partial charge in [0, 0.05) is 6.42 Å². The molecule has 0 aromatic rings. The van der Waals surface area contributed by atoms with Gasteiger partial charge in [-0.25, -0.2) is 0 Å². The number of hydrogen-bond donors (Lipinski definition) is 0. The largest absolute Gasteiger partial charge is 0.498 e. The van der Waals surface area contributed by atoms with Gasteiger partial charge in [0.25, 0.3) is 0 Å². The lowest BCUT2D eigenvalue weighted by Gasteiger charge is -2.37. The third-order valence-electron chi connectivity index (χ3n) is 9.92. The molecule has 0 amide bonds. The van der Waals surface area contributed by atoms with E-state index in [0.29, 0.717) is 19.6 Å². The lowest BCUT2D eigenvalue weighted by molar-refractivity contribution is -0.153. The second kappa shape index (κ2) is 31.5. The van der Waals surface area contributed by atoms with Gasteiger partial charge >= 0.3 is 5.97 Å². The number of carbonyl (C=O) groups excluding carboxylic acids is 1. The molecule has 0 aliphatic carbocycles. The van der Waals surface area contributed by atoms with E-state index in [-0.39, 0.29) is 17.1 Å². The average Bonchev–Trinajstić information content (AvgIpc) is 3.01. The van der Waals surface area contributed by atoms with Gasteiger partial charge < -0.3 is 13.9 Å². The summed E-state index contributed by atoms with van der Waals surface area (Å²) in [6.45, 7) is 16.5. The van der Waals surface area contributed by atoms with Crippen LogP contribution < -0.4 is 0 Å². The number of unbranched alkanes of at least 4 members (excludes halogenated alkanes) is 24. The molecular formula is C41H82O4Si. The topological polar surface area (TPSA) is 44.8 Å². The second-order valence-corrected chi connectivity index (χ2v) is 20.4. The molecule has 0 saturated heterocycles. The van der Waals surface area contributed by atoms with Crippen LogP contribution in [-0.4, -0.2) is 33.6 Å². The van der Waals surface area contributed by atoms with Gasteiger partial charge in [0.05, 0.1) is 12.9 Å². The molecule has 274 valence electrons. The van der Waals surface area contributed by atoms with Crippen LogP contribution in [0.15, 0.2) is 12.3 Å². The summed E-state index contributed by atoms with van der Waals surface area (Å²) in [5.41, 5.74) is 0. The van der Waals surface area contributed by atoms with Crippen LogP contribution in [0.3, 0.4) is 0 Å². The van der Waals surface area contributed by atoms with Crippen molar-refractivity contribution in [1.29, 1.82) is 0 Å². The summed E-state index contributed by atoms with van der Waals surface area (Å²) in [6, 6.07) is 0. The van der Waals surface area contributed by atoms with E-state index in [4.69, 9.17) is 13.9 Å². The molecule has 0 aromatic carbocycles. The van der Waals surface area contributed by atoms with Crippen LogP contribution in [0.1, 0.15) is 208 Å². The van der Waals surface area contributed by atoms with Crippen LogP contribution in [0.5, 0.6) is 0 Å². The first-order valence-corrected chi connectivity index (χ1v) is 23.1. The molecule has 0 aliphatic heterocycles. The molecule has 0 heterocycles. The summed E-state index contributed by atoms with van der Waals surface area (Å²) in [4.78, 5) is 12.7. The van der Waals surface area contributed by atoms with E-state index in [0.717, 1.165) is 19.3 Å². The second-order valence-electron chi connectivity index (χ2n) is 15.6. The molecule has 5 heteroatoms. The molecule has 0 aliphatic rings. The lowest BCUT2D eigenvalue weighted by atomic mass is 10.0. The average molecular weight is 667 g/mol. The van der Waals surface area contributed by atoms with E-state index >= 15 is 0 Å². The Morgan fingerprint density at radius 3 is 1.39 bits per heavy atom. The van der Waals surface area contributed by atoms with Crippen molar-refractivity contribution in [2.45, 2.75) is 232 Å². The van der Waals surface area contributed by atoms with Gasteiger partial charge in [-0.05, 0) is 43.5 Å². The summed E-state index contributed by atoms with van der Waals surface area (Å²) in [5, 5.41) is 0.116. The van der Waals surface area contributed by atoms with E-state index in [9.17, 15) is 4.79 Å². The highest BCUT2D eigenvalue weighted by Crippen LogP contribution is 2.36. The Bertz CT molecular complexity index is 684. The number of allylic oxidation sites excluding steroid dienone is 1. The standard InChI is InChI=1S/C41H82O4Si/c1-8-10-12-14-16-18-20-22-24-26-28-30-32-34-36-43-37-39(38-44-46(6,7)41(3,4)5)45-40(42)35-33-31-29-27-25-23-21-19-17-15-13-11-9-2/h34,36,39H,8-33,35,37-38H2,1-7H3/b36-34-. The van der Waals surface area contributed by atoms with Crippen LogP contribution >= 0.6 is 0 Å². The third kappa shape index (κ3) is 29.3. The minimum absolute atomic E-state index is 0.115. The van der Waals surface area contributed by atoms with Crippen LogP contribution in [0, 0.1) is 0 Å². The van der Waals surface area contributed by atoms with Crippen molar-refractivity contribution >= 4 is 14.3 Å². The Kier molecular flexibility index (Phi) is 30.9. The summed E-state index contributed by atoms with van der Waals surface area (Å²) in [7, 11) is -1.94. The zero-order valence-electron chi connectivity index (χ0n) is 32.4. The van der Waals surface area contributed by atoms with Crippen molar-refractivity contribution in [2.75, 3.05) is 13.2 Å². The number of carbonyl (C=O) groups is 1. The highest BCUT2D eigenvalue weighted by molar-refractivity contribution is 6.74. The fourth-order valence-electron chi connectivity index (χ4n) is 5.57. The van der Waals surface area contributed by atoms with Gasteiger partial charge in [0.15, 0.2) is 14.4 Å². The number of ether oxygens (including phenoxy) is 2. The highest BCUT2D eigenvalue weighted by atomic mass is 28.4. The van der Waals surface area contributed by atoms with Crippen molar-refractivity contribution in [3.8, 4) is 0 Å². The van der Waals surface area contributed by atoms with Crippen molar-refractivity contribution in [3.63, 3.8) is 0 Å². The van der Waals surface area contributed by atoms with E-state index in [1.165, 1.54) is 148 Å². The highest BCUT2D eigenvalue weighted by Gasteiger charge is 2.38. The molecular weight excluding hydrogens is 585 g/mol. The summed E-state index contributed by atoms with van der Waals surface area (Å²) in [5.74, 6) is -0.115. The van der Waals surface area contributed by atoms with Crippen LogP contribution in [0.25, 0.3) is 0 Å². The fraction of sp³-hybridized carbons (Fsp3) is 0.927. The molecule has 0 bridgehead atoms. The van der Waals surface area contributed by atoms with Crippen LogP contribution in [0.4, 0.5) is 0 Å². The van der Waals surface area contributed by atoms with Crippen molar-refractivity contribution in [3.05, 3.63) is 12.3 Å². The Hall–Kier alpha value is -0.813. The van der Waals surface area contributed by atoms with E-state index < -0.39 is 8.32 Å². The first kappa shape index (κ1) is 45.2. The fourth-order valence-corrected chi connectivity index (χ4v) is 6.60. The zero-order valence-corrected chi connectivity index (χ0v) is 33.4. The SMILES string of the molecule is CCCCCCCCCCCCCC/C=C\OCC(CO[Si](C)(C)C(C)(C)C)OC(=O)CCCCCCCCCCCCCCC. The predicted molar refractivity (Wildman–Crippen MR) is 204 cm³/mol. The third-order valence-corrected chi connectivity index (χ3v) is 14.4. The van der Waals surface area contributed by atoms with Crippen molar-refractivity contribution in [1.82, 2.24) is 0 Å². The Morgan fingerprint density at radius 1 is 0.587 bits per heavy atom. The van der Waals surface area contributed by atoms with Gasteiger partial charge in [0.1, 0.15) is 6.61 Å². The smallest absolute Gasteiger partial charge is 0.306 e. The molecule has 46 heavy (non-hydrogen) atoms. The predicted octanol–water partition coefficient (Wildman–Crippen LogP) is 14.0. The van der Waals surface area contributed by atoms with Gasteiger partial charge in [-0.15, -0.1) is 0 Å². The molecule has 0 saturated carbocycles. The summed E-state index contributed by atoms with van der Waals surface area (Å²) >= 11 is 0. The minimum Gasteiger partial charge on any atom is -0.498 e. The zero-order chi connectivity index (χ0) is 34.2. The molecule has 0 rings (SSSR count). The van der Waals surface area contributed by atoms with Gasteiger partial charge in [-0.3, -0.25) is 4.79 Å². The normalized spacial score (nSPS) is 13.0. The number of hydrogen-bond acceptors (Lipinski definition) is 4. The van der Waals surface area contributed by atoms with Gasteiger partial charge in [-0.2, -0.15) is 0 Å². The minimum atomic E-state index is -1.94. The molecule has 1 unspecified atom stereocenters. The molecule has 0 radical (unpaired) electrons. The lowest BCUT2D eigenvalue weighted by Crippen LogP contribution is -2.43. The van der Waals surface area contributed by atoms with Crippen molar-refractivity contribution in [2.24, 2.45) is 0 Å².